The molecule has 0 aliphatic carbocycles. The molecular formula is C10H11ClN2O4Y-2. The number of methoxy groups -OCH3 is 1. The number of anilines is 1. The Bertz CT molecular complexity index is 411. The Morgan fingerprint density at radius 2 is 1.94 bits per heavy atom. The Kier molecular flexibility index (Phi) is 10.8. The molecule has 1 radical (unpaired) electrons. The van der Waals surface area contributed by atoms with Crippen molar-refractivity contribution in [2.45, 2.75) is 0 Å². The van der Waals surface area contributed by atoms with Gasteiger partial charge in [0, 0.05) is 38.8 Å². The summed E-state index contributed by atoms with van der Waals surface area (Å²) in [6.07, 6.45) is 0. The van der Waals surface area contributed by atoms with Gasteiger partial charge in [-0.05, 0) is 6.07 Å². The summed E-state index contributed by atoms with van der Waals surface area (Å²) in [7, 11) is 1.48. The van der Waals surface area contributed by atoms with Gasteiger partial charge in [-0.15, -0.1) is 0 Å². The molecule has 0 fully saturated rings. The van der Waals surface area contributed by atoms with E-state index in [0.717, 1.165) is 0 Å². The molecule has 8 heteroatoms. The third kappa shape index (κ3) is 9.10. The van der Waals surface area contributed by atoms with Gasteiger partial charge in [0.15, 0.2) is 11.8 Å². The number of carboxylic acids is 1. The molecule has 2 N–H and O–H groups in total. The smallest absolute Gasteiger partial charge is 0.214 e. The van der Waals surface area contributed by atoms with Gasteiger partial charge >= 0.3 is 0 Å². The zero-order chi connectivity index (χ0) is 13.4. The Morgan fingerprint density at radius 1 is 1.44 bits per heavy atom. The van der Waals surface area contributed by atoms with Crippen LogP contribution in [0.2, 0.25) is 5.02 Å². The number of carbonyl (C=O) groups excluding carboxylic acids is 1. The summed E-state index contributed by atoms with van der Waals surface area (Å²) < 4.78 is 4.85. The van der Waals surface area contributed by atoms with Crippen LogP contribution in [0.3, 0.4) is 0 Å². The minimum absolute atomic E-state index is 0. The first-order valence-corrected chi connectivity index (χ1v) is 4.63. The van der Waals surface area contributed by atoms with Crippen molar-refractivity contribution >= 4 is 29.3 Å². The standard InChI is InChI=1S/C8H8ClN2O2.C2H3O2.Y/c1-5(12)10-8-6(9)3-4-7(11-8)13-2;1-2(3)4;/h3-4H,1H2,2H3,(H,10,11,12);1H2,(H,3,4);/q2*-1;. The van der Waals surface area contributed by atoms with Crippen LogP contribution in [0.5, 0.6) is 5.88 Å². The van der Waals surface area contributed by atoms with Crippen LogP contribution < -0.4 is 10.1 Å². The molecule has 97 valence electrons. The molecule has 0 bridgehead atoms. The van der Waals surface area contributed by atoms with Gasteiger partial charge < -0.3 is 26.9 Å². The molecule has 0 aliphatic heterocycles. The first-order chi connectivity index (χ1) is 7.86. The summed E-state index contributed by atoms with van der Waals surface area (Å²) in [5.74, 6) is -0.920. The number of nitrogens with one attached hydrogen (secondary N) is 1. The summed E-state index contributed by atoms with van der Waals surface area (Å²) in [5.41, 5.74) is 0. The van der Waals surface area contributed by atoms with E-state index in [1.165, 1.54) is 7.11 Å². The number of hydrogen-bond donors (Lipinski definition) is 2. The normalized spacial score (nSPS) is 8.11. The third-order valence-electron chi connectivity index (χ3n) is 1.29. The maximum absolute atomic E-state index is 10.6. The zero-order valence-corrected chi connectivity index (χ0v) is 13.2. The number of rotatable bonds is 2. The van der Waals surface area contributed by atoms with Gasteiger partial charge in [-0.25, -0.2) is 0 Å². The van der Waals surface area contributed by atoms with Gasteiger partial charge in [0.05, 0.1) is 18.0 Å². The largest absolute Gasteiger partial charge is 0.503 e. The van der Waals surface area contributed by atoms with E-state index >= 15 is 0 Å². The molecule has 0 unspecified atom stereocenters. The maximum atomic E-state index is 10.6. The topological polar surface area (TPSA) is 88.5 Å². The van der Waals surface area contributed by atoms with Crippen LogP contribution in [-0.2, 0) is 42.3 Å². The average molecular weight is 348 g/mol. The van der Waals surface area contributed by atoms with Crippen molar-refractivity contribution in [3.8, 4) is 5.88 Å². The molecule has 0 saturated carbocycles. The van der Waals surface area contributed by atoms with Crippen molar-refractivity contribution < 1.29 is 52.1 Å². The monoisotopic (exact) mass is 347 g/mol. The van der Waals surface area contributed by atoms with Gasteiger partial charge in [0.25, 0.3) is 0 Å². The molecule has 18 heavy (non-hydrogen) atoms. The second-order valence-corrected chi connectivity index (χ2v) is 3.03. The fourth-order valence-corrected chi connectivity index (χ4v) is 0.910. The molecule has 0 spiro atoms. The van der Waals surface area contributed by atoms with Gasteiger partial charge in [-0.2, -0.15) is 4.98 Å². The fourth-order valence-electron chi connectivity index (χ4n) is 0.758. The zero-order valence-electron chi connectivity index (χ0n) is 9.64. The second-order valence-electron chi connectivity index (χ2n) is 2.63. The van der Waals surface area contributed by atoms with E-state index in [4.69, 9.17) is 26.2 Å². The number of pyridine rings is 1. The van der Waals surface area contributed by atoms with E-state index in [9.17, 15) is 4.79 Å². The number of ether oxygens (including phenoxy) is 1. The Balaban J connectivity index is 0. The number of aliphatic carboxylic acids is 1. The summed E-state index contributed by atoms with van der Waals surface area (Å²) in [6.45, 7) is 5.70. The van der Waals surface area contributed by atoms with Crippen molar-refractivity contribution in [2.75, 3.05) is 12.4 Å². The predicted octanol–water partition coefficient (Wildman–Crippen LogP) is 1.42. The fraction of sp³-hybridized carbons (Fsp3) is 0.100. The predicted molar refractivity (Wildman–Crippen MR) is 62.8 cm³/mol. The van der Waals surface area contributed by atoms with E-state index in [1.807, 2.05) is 0 Å². The number of carboxylic acid groups (broad SMARTS) is 1. The quantitative estimate of drug-likeness (QED) is 0.790. The number of aromatic nitrogens is 1. The molecule has 6 nitrogen and oxygen atoms in total. The summed E-state index contributed by atoms with van der Waals surface area (Å²) >= 11 is 5.74. The van der Waals surface area contributed by atoms with Gasteiger partial charge in [-0.3, -0.25) is 11.7 Å². The molecule has 1 rings (SSSR count). The van der Waals surface area contributed by atoms with Crippen LogP contribution in [0.1, 0.15) is 0 Å². The van der Waals surface area contributed by atoms with Crippen molar-refractivity contribution in [3.05, 3.63) is 31.0 Å². The van der Waals surface area contributed by atoms with Crippen molar-refractivity contribution in [1.82, 2.24) is 4.98 Å². The summed E-state index contributed by atoms with van der Waals surface area (Å²) in [6, 6.07) is 3.18. The van der Waals surface area contributed by atoms with E-state index in [-0.39, 0.29) is 38.5 Å². The Morgan fingerprint density at radius 3 is 2.33 bits per heavy atom. The third-order valence-corrected chi connectivity index (χ3v) is 1.59. The average Bonchev–Trinajstić information content (AvgIpc) is 2.20. The Hall–Kier alpha value is -0.976. The first kappa shape index (κ1) is 19.4. The summed E-state index contributed by atoms with van der Waals surface area (Å²) in [4.78, 5) is 23.4. The molecule has 1 amide bonds. The second kappa shape index (κ2) is 9.99. The Labute approximate surface area is 135 Å². The van der Waals surface area contributed by atoms with E-state index in [1.54, 1.807) is 12.1 Å². The minimum atomic E-state index is -1.08. The molecule has 0 aromatic carbocycles. The maximum Gasteiger partial charge on any atom is 0.214 e. The molecular weight excluding hydrogens is 336 g/mol. The van der Waals surface area contributed by atoms with E-state index in [0.29, 0.717) is 10.9 Å². The van der Waals surface area contributed by atoms with Gasteiger partial charge in [0.2, 0.25) is 5.88 Å². The number of carbonyl (C=O) groups is 2. The van der Waals surface area contributed by atoms with Crippen LogP contribution in [0.15, 0.2) is 12.1 Å². The SMILES string of the molecule is [CH2-]C(=O)Nc1nc(OC)ccc1Cl.[CH2-]C(=O)O.[Y]. The van der Waals surface area contributed by atoms with Gasteiger partial charge in [-0.1, -0.05) is 11.6 Å². The van der Waals surface area contributed by atoms with Crippen LogP contribution in [0.25, 0.3) is 0 Å². The number of nitrogens with zero attached hydrogens (tertiary/aromatic N) is 1. The minimum Gasteiger partial charge on any atom is -0.503 e. The first-order valence-electron chi connectivity index (χ1n) is 4.25. The van der Waals surface area contributed by atoms with Crippen LogP contribution in [-0.4, -0.2) is 29.1 Å². The van der Waals surface area contributed by atoms with Crippen molar-refractivity contribution in [3.63, 3.8) is 0 Å². The van der Waals surface area contributed by atoms with Crippen LogP contribution in [0, 0.1) is 13.8 Å². The van der Waals surface area contributed by atoms with Crippen molar-refractivity contribution in [2.24, 2.45) is 0 Å². The number of amides is 1. The molecule has 0 saturated heterocycles. The van der Waals surface area contributed by atoms with Gasteiger partial charge in [0.1, 0.15) is 0 Å². The van der Waals surface area contributed by atoms with Crippen molar-refractivity contribution in [1.29, 1.82) is 0 Å². The number of hydrogen-bond acceptors (Lipinski definition) is 4. The van der Waals surface area contributed by atoms with E-state index < -0.39 is 11.9 Å². The molecule has 0 aliphatic rings. The molecule has 1 heterocycles. The van der Waals surface area contributed by atoms with E-state index in [2.05, 4.69) is 24.1 Å². The molecule has 1 aromatic rings. The van der Waals surface area contributed by atoms with Crippen LogP contribution >= 0.6 is 11.6 Å². The summed E-state index contributed by atoms with van der Waals surface area (Å²) in [5, 5.41) is 10.0. The molecule has 1 aromatic heterocycles. The van der Waals surface area contributed by atoms with Crippen LogP contribution in [0.4, 0.5) is 5.82 Å². The molecule has 0 atom stereocenters. The number of halogens is 1.